The Hall–Kier alpha value is -1.20. The molecule has 1 heterocycles. The number of benzene rings is 1. The van der Waals surface area contributed by atoms with Crippen molar-refractivity contribution in [1.82, 2.24) is 0 Å². The summed E-state index contributed by atoms with van der Waals surface area (Å²) in [6, 6.07) is 8.03. The number of hydrogen-bond donors (Lipinski definition) is 1. The van der Waals surface area contributed by atoms with Gasteiger partial charge in [-0.1, -0.05) is 12.1 Å². The van der Waals surface area contributed by atoms with Crippen LogP contribution in [0.4, 0.5) is 11.4 Å². The quantitative estimate of drug-likeness (QED) is 0.486. The minimum Gasteiger partial charge on any atom is -0.387 e. The topological polar surface area (TPSA) is 50.8 Å². The lowest BCUT2D eigenvalue weighted by molar-refractivity contribution is 0.367. The summed E-state index contributed by atoms with van der Waals surface area (Å²) in [7, 11) is 0. The van der Waals surface area contributed by atoms with Gasteiger partial charge < -0.3 is 14.8 Å². The lowest BCUT2D eigenvalue weighted by atomic mass is 10.2. The number of rotatable bonds is 2. The second kappa shape index (κ2) is 5.23. The molecule has 1 fully saturated rings. The zero-order valence-electron chi connectivity index (χ0n) is 9.22. The predicted octanol–water partition coefficient (Wildman–Crippen LogP) is 2.14. The van der Waals surface area contributed by atoms with Crippen LogP contribution in [0.5, 0.6) is 0 Å². The average Bonchev–Trinajstić information content (AvgIpc) is 2.30. The van der Waals surface area contributed by atoms with Crippen molar-refractivity contribution < 1.29 is 4.18 Å². The fraction of sp³-hybridized carbons (Fsp3) is 0.364. The Labute approximate surface area is 99.7 Å². The van der Waals surface area contributed by atoms with Crippen LogP contribution in [-0.2, 0) is 4.18 Å². The van der Waals surface area contributed by atoms with E-state index in [1.165, 1.54) is 12.0 Å². The van der Waals surface area contributed by atoms with Gasteiger partial charge in [-0.3, -0.25) is 0 Å². The Morgan fingerprint density at radius 1 is 1.50 bits per heavy atom. The van der Waals surface area contributed by atoms with E-state index in [0.717, 1.165) is 30.4 Å². The highest BCUT2D eigenvalue weighted by molar-refractivity contribution is 7.94. The molecule has 0 bridgehead atoms. The maximum atomic E-state index is 5.62. The summed E-state index contributed by atoms with van der Waals surface area (Å²) < 4.78 is 5.26. The highest BCUT2D eigenvalue weighted by atomic mass is 32.2. The van der Waals surface area contributed by atoms with E-state index in [-0.39, 0.29) is 0 Å². The molecule has 2 rings (SSSR count). The van der Waals surface area contributed by atoms with E-state index < -0.39 is 0 Å². The van der Waals surface area contributed by atoms with E-state index in [1.54, 1.807) is 6.92 Å². The standard InChI is InChI=1S/C11H15N3OS/c1-9(12)13-10-4-2-3-5-11(10)14-6-7-15-16-8-14/h2-5H,6-8H2,1H3,(H2,12,13). The molecule has 0 amide bonds. The fourth-order valence-electron chi connectivity index (χ4n) is 1.58. The number of hydrogen-bond acceptors (Lipinski definition) is 4. The third-order valence-electron chi connectivity index (χ3n) is 2.26. The third-order valence-corrected chi connectivity index (χ3v) is 3.01. The molecule has 2 N–H and O–H groups in total. The monoisotopic (exact) mass is 237 g/mol. The molecule has 5 heteroatoms. The number of para-hydroxylation sites is 2. The summed E-state index contributed by atoms with van der Waals surface area (Å²) in [5, 5.41) is 0. The van der Waals surface area contributed by atoms with Gasteiger partial charge in [0.1, 0.15) is 0 Å². The molecule has 1 aliphatic rings. The molecule has 4 nitrogen and oxygen atoms in total. The zero-order chi connectivity index (χ0) is 11.4. The summed E-state index contributed by atoms with van der Waals surface area (Å²) in [6.07, 6.45) is 0. The first-order valence-corrected chi connectivity index (χ1v) is 6.07. The minimum atomic E-state index is 0.577. The molecule has 0 radical (unpaired) electrons. The summed E-state index contributed by atoms with van der Waals surface area (Å²) in [6.45, 7) is 3.43. The van der Waals surface area contributed by atoms with Crippen LogP contribution in [0.25, 0.3) is 0 Å². The van der Waals surface area contributed by atoms with Crippen LogP contribution in [0.15, 0.2) is 29.3 Å². The number of aliphatic imine (C=N–C) groups is 1. The summed E-state index contributed by atoms with van der Waals surface area (Å²) in [4.78, 5) is 6.58. The van der Waals surface area contributed by atoms with Crippen molar-refractivity contribution in [2.24, 2.45) is 10.7 Å². The molecule has 0 aliphatic carbocycles. The van der Waals surface area contributed by atoms with E-state index in [1.807, 2.05) is 18.2 Å². The van der Waals surface area contributed by atoms with E-state index in [4.69, 9.17) is 9.92 Å². The number of anilines is 1. The molecule has 0 unspecified atom stereocenters. The predicted molar refractivity (Wildman–Crippen MR) is 69.2 cm³/mol. The highest BCUT2D eigenvalue weighted by Gasteiger charge is 2.14. The minimum absolute atomic E-state index is 0.577. The molecule has 0 saturated carbocycles. The van der Waals surface area contributed by atoms with E-state index in [0.29, 0.717) is 5.84 Å². The summed E-state index contributed by atoms with van der Waals surface area (Å²) in [5.74, 6) is 1.41. The van der Waals surface area contributed by atoms with E-state index in [2.05, 4.69) is 16.0 Å². The molecule has 0 spiro atoms. The highest BCUT2D eigenvalue weighted by Crippen LogP contribution is 2.30. The van der Waals surface area contributed by atoms with Gasteiger partial charge in [-0.2, -0.15) is 0 Å². The van der Waals surface area contributed by atoms with Crippen LogP contribution in [0.2, 0.25) is 0 Å². The van der Waals surface area contributed by atoms with Gasteiger partial charge >= 0.3 is 0 Å². The van der Waals surface area contributed by atoms with Crippen LogP contribution >= 0.6 is 12.0 Å². The maximum Gasteiger partial charge on any atom is 0.0965 e. The molecule has 86 valence electrons. The number of amidine groups is 1. The van der Waals surface area contributed by atoms with Crippen molar-refractivity contribution in [3.8, 4) is 0 Å². The average molecular weight is 237 g/mol. The third kappa shape index (κ3) is 2.68. The van der Waals surface area contributed by atoms with Crippen molar-refractivity contribution in [3.05, 3.63) is 24.3 Å². The SMILES string of the molecule is CC(N)=Nc1ccccc1N1CCOSC1. The van der Waals surface area contributed by atoms with Gasteiger partial charge in [-0.05, 0) is 19.1 Å². The van der Waals surface area contributed by atoms with Crippen LogP contribution in [-0.4, -0.2) is 24.9 Å². The second-order valence-electron chi connectivity index (χ2n) is 3.57. The first kappa shape index (κ1) is 11.3. The van der Waals surface area contributed by atoms with Crippen LogP contribution in [0, 0.1) is 0 Å². The fourth-order valence-corrected chi connectivity index (χ4v) is 2.24. The Kier molecular flexibility index (Phi) is 3.69. The van der Waals surface area contributed by atoms with E-state index in [9.17, 15) is 0 Å². The normalized spacial score (nSPS) is 17.6. The van der Waals surface area contributed by atoms with Gasteiger partial charge in [0.25, 0.3) is 0 Å². The van der Waals surface area contributed by atoms with Crippen molar-refractivity contribution in [3.63, 3.8) is 0 Å². The van der Waals surface area contributed by atoms with Crippen LogP contribution in [0.3, 0.4) is 0 Å². The second-order valence-corrected chi connectivity index (χ2v) is 4.30. The van der Waals surface area contributed by atoms with Crippen molar-refractivity contribution in [1.29, 1.82) is 0 Å². The lowest BCUT2D eigenvalue weighted by Gasteiger charge is -2.28. The number of nitrogens with two attached hydrogens (primary N) is 1. The Balaban J connectivity index is 2.28. The summed E-state index contributed by atoms with van der Waals surface area (Å²) >= 11 is 1.47. The lowest BCUT2D eigenvalue weighted by Crippen LogP contribution is -2.30. The zero-order valence-corrected chi connectivity index (χ0v) is 10.0. The van der Waals surface area contributed by atoms with Crippen LogP contribution < -0.4 is 10.6 Å². The van der Waals surface area contributed by atoms with Gasteiger partial charge in [0.15, 0.2) is 0 Å². The van der Waals surface area contributed by atoms with Gasteiger partial charge in [0.05, 0.1) is 29.7 Å². The largest absolute Gasteiger partial charge is 0.387 e. The molecule has 1 saturated heterocycles. The Morgan fingerprint density at radius 3 is 3.00 bits per heavy atom. The van der Waals surface area contributed by atoms with E-state index >= 15 is 0 Å². The van der Waals surface area contributed by atoms with Crippen molar-refractivity contribution >= 4 is 29.3 Å². The first-order chi connectivity index (χ1) is 7.77. The smallest absolute Gasteiger partial charge is 0.0965 e. The molecule has 0 atom stereocenters. The van der Waals surface area contributed by atoms with Crippen molar-refractivity contribution in [2.45, 2.75) is 6.92 Å². The van der Waals surface area contributed by atoms with Crippen LogP contribution in [0.1, 0.15) is 6.92 Å². The summed E-state index contributed by atoms with van der Waals surface area (Å²) in [5.41, 5.74) is 7.66. The maximum absolute atomic E-state index is 5.62. The molecular weight excluding hydrogens is 222 g/mol. The van der Waals surface area contributed by atoms with Gasteiger partial charge in [0, 0.05) is 18.6 Å². The van der Waals surface area contributed by atoms with Gasteiger partial charge in [-0.15, -0.1) is 0 Å². The Morgan fingerprint density at radius 2 is 2.31 bits per heavy atom. The molecule has 0 aromatic heterocycles. The Bertz CT molecular complexity index is 385. The molecule has 1 aliphatic heterocycles. The first-order valence-electron chi connectivity index (χ1n) is 5.16. The van der Waals surface area contributed by atoms with Gasteiger partial charge in [0.2, 0.25) is 0 Å². The van der Waals surface area contributed by atoms with Crippen molar-refractivity contribution in [2.75, 3.05) is 23.9 Å². The molecule has 1 aromatic rings. The molecule has 1 aromatic carbocycles. The molecule has 16 heavy (non-hydrogen) atoms. The number of nitrogens with zero attached hydrogens (tertiary/aromatic N) is 2. The molecular formula is C11H15N3OS. The van der Waals surface area contributed by atoms with Gasteiger partial charge in [-0.25, -0.2) is 4.99 Å².